The number of nitrogens with zero attached hydrogens (tertiary/aromatic N) is 3. The molecule has 0 fully saturated rings. The van der Waals surface area contributed by atoms with E-state index in [1.807, 2.05) is 0 Å². The van der Waals surface area contributed by atoms with Crippen molar-refractivity contribution in [1.82, 2.24) is 12.7 Å². The van der Waals surface area contributed by atoms with E-state index in [2.05, 4.69) is 68.6 Å². The third-order valence-electron chi connectivity index (χ3n) is 4.22. The minimum atomic E-state index is -1.46. The molecule has 0 saturated heterocycles. The first-order valence-corrected chi connectivity index (χ1v) is 13.5. The third-order valence-corrected chi connectivity index (χ3v) is 13.8. The Balaban J connectivity index is 4.61. The van der Waals surface area contributed by atoms with Crippen LogP contribution in [0.4, 0.5) is 0 Å². The monoisotopic (exact) mass is 359 g/mol. The van der Waals surface area contributed by atoms with Gasteiger partial charge in [0.25, 0.3) is 0 Å². The molecular weight excluding hydrogens is 325 g/mol. The van der Waals surface area contributed by atoms with Gasteiger partial charge in [-0.15, -0.1) is 0 Å². The van der Waals surface area contributed by atoms with Crippen LogP contribution in [-0.2, 0) is 0 Å². The van der Waals surface area contributed by atoms with Gasteiger partial charge in [-0.2, -0.15) is 0 Å². The maximum atomic E-state index is 2.89. The number of hydrogen-bond donors (Lipinski definition) is 0. The zero-order valence-electron chi connectivity index (χ0n) is 13.9. The van der Waals surface area contributed by atoms with Gasteiger partial charge in [0, 0.05) is 0 Å². The third kappa shape index (κ3) is 6.78. The molecule has 0 rings (SSSR count). The predicted octanol–water partition coefficient (Wildman–Crippen LogP) is 2.22. The molecule has 108 valence electrons. The average Bonchev–Trinajstić information content (AvgIpc) is 2.29. The Morgan fingerprint density at radius 1 is 0.778 bits per heavy atom. The van der Waals surface area contributed by atoms with Crippen LogP contribution < -0.4 is 0 Å². The average molecular weight is 359 g/mol. The molecule has 0 aromatic carbocycles. The van der Waals surface area contributed by atoms with E-state index in [1.165, 1.54) is 21.4 Å². The fraction of sp³-hybridized carbons (Fsp3) is 1.00. The van der Waals surface area contributed by atoms with Crippen molar-refractivity contribution >= 4 is 21.7 Å². The molecule has 0 spiro atoms. The molecule has 0 aromatic heterocycles. The van der Waals surface area contributed by atoms with Crippen LogP contribution >= 0.6 is 0 Å². The molecule has 18 heavy (non-hydrogen) atoms. The Bertz CT molecular complexity index is 189. The van der Waals surface area contributed by atoms with E-state index in [0.717, 1.165) is 0 Å². The number of hydrogen-bond acceptors (Lipinski definition) is 3. The molecule has 2 atom stereocenters. The van der Waals surface area contributed by atoms with E-state index < -0.39 is 21.7 Å². The summed E-state index contributed by atoms with van der Waals surface area (Å²) in [7, 11) is 8.78. The van der Waals surface area contributed by atoms with Gasteiger partial charge in [0.1, 0.15) is 0 Å². The molecule has 0 radical (unpaired) electrons. The van der Waals surface area contributed by atoms with Crippen LogP contribution in [0.2, 0.25) is 8.35 Å². The summed E-state index contributed by atoms with van der Waals surface area (Å²) in [6.07, 6.45) is 0. The Morgan fingerprint density at radius 3 is 1.33 bits per heavy atom. The van der Waals surface area contributed by atoms with Gasteiger partial charge in [-0.05, 0) is 0 Å². The topological polar surface area (TPSA) is 9.72 Å². The molecule has 0 heterocycles. The van der Waals surface area contributed by atoms with Crippen LogP contribution in [0.25, 0.3) is 0 Å². The predicted molar refractivity (Wildman–Crippen MR) is 84.6 cm³/mol. The quantitative estimate of drug-likeness (QED) is 0.625. The first-order chi connectivity index (χ1) is 8.33. The summed E-state index contributed by atoms with van der Waals surface area (Å²) >= 11 is -1.46. The van der Waals surface area contributed by atoms with Gasteiger partial charge >= 0.3 is 124 Å². The molecule has 4 heteroatoms. The van der Waals surface area contributed by atoms with Gasteiger partial charge in [-0.25, -0.2) is 0 Å². The molecule has 0 aliphatic carbocycles. The Kier molecular flexibility index (Phi) is 10.0. The van der Waals surface area contributed by atoms with Crippen LogP contribution in [0, 0.1) is 0 Å². The molecule has 0 N–H and O–H groups in total. The number of rotatable bonds is 9. The minimum absolute atomic E-state index is 0.664. The van der Waals surface area contributed by atoms with Gasteiger partial charge in [-0.3, -0.25) is 0 Å². The SMILES string of the molecule is C[CH2][In]([CH2]C)[N](CC(C)N(C)C)CC(C)N(C)C. The fourth-order valence-corrected chi connectivity index (χ4v) is 10.2. The van der Waals surface area contributed by atoms with Crippen molar-refractivity contribution in [3.8, 4) is 0 Å². The standard InChI is InChI=1S/C10H24N3.2C2H5.In/c1-9(12(3)4)7-11-8-10(2)13(5)6;2*1-2;/h9-10H,7-8H2,1-6H3;2*1H2,2H3;/q-1;;;+1. The summed E-state index contributed by atoms with van der Waals surface area (Å²) in [6.45, 7) is 12.0. The van der Waals surface area contributed by atoms with Crippen molar-refractivity contribution < 1.29 is 0 Å². The van der Waals surface area contributed by atoms with Crippen LogP contribution in [0.1, 0.15) is 27.7 Å². The zero-order valence-corrected chi connectivity index (χ0v) is 17.2. The Morgan fingerprint density at radius 2 is 1.11 bits per heavy atom. The summed E-state index contributed by atoms with van der Waals surface area (Å²) < 4.78 is 5.80. The second-order valence-electron chi connectivity index (χ2n) is 6.05. The fourth-order valence-electron chi connectivity index (χ4n) is 2.18. The molecule has 0 aliphatic rings. The summed E-state index contributed by atoms with van der Waals surface area (Å²) in [5.41, 5.74) is 0. The Labute approximate surface area is 123 Å². The van der Waals surface area contributed by atoms with Crippen LogP contribution in [-0.4, -0.2) is 87.8 Å². The molecule has 0 aliphatic heterocycles. The first-order valence-electron chi connectivity index (χ1n) is 7.40. The molecule has 0 bridgehead atoms. The van der Waals surface area contributed by atoms with Crippen molar-refractivity contribution in [3.05, 3.63) is 0 Å². The number of likely N-dealkylation sites (N-methyl/N-ethyl adjacent to an activating group) is 2. The van der Waals surface area contributed by atoms with Crippen LogP contribution in [0.5, 0.6) is 0 Å². The Hall–Kier alpha value is 0.750. The van der Waals surface area contributed by atoms with Gasteiger partial charge in [-0.1, -0.05) is 0 Å². The normalized spacial score (nSPS) is 15.5. The van der Waals surface area contributed by atoms with Gasteiger partial charge < -0.3 is 0 Å². The second-order valence-corrected chi connectivity index (χ2v) is 16.5. The van der Waals surface area contributed by atoms with E-state index in [-0.39, 0.29) is 0 Å². The van der Waals surface area contributed by atoms with E-state index >= 15 is 0 Å². The van der Waals surface area contributed by atoms with Crippen molar-refractivity contribution in [3.63, 3.8) is 0 Å². The van der Waals surface area contributed by atoms with E-state index in [4.69, 9.17) is 0 Å². The van der Waals surface area contributed by atoms with Crippen LogP contribution in [0.3, 0.4) is 0 Å². The van der Waals surface area contributed by atoms with Crippen molar-refractivity contribution in [2.24, 2.45) is 0 Å². The zero-order chi connectivity index (χ0) is 14.3. The summed E-state index contributed by atoms with van der Waals surface area (Å²) in [6, 6.07) is 1.33. The van der Waals surface area contributed by atoms with Gasteiger partial charge in [0.05, 0.1) is 0 Å². The molecule has 3 nitrogen and oxygen atoms in total. The molecule has 0 aromatic rings. The molecule has 0 saturated carbocycles. The van der Waals surface area contributed by atoms with E-state index in [0.29, 0.717) is 12.1 Å². The van der Waals surface area contributed by atoms with Crippen molar-refractivity contribution in [2.75, 3.05) is 41.3 Å². The van der Waals surface area contributed by atoms with Crippen molar-refractivity contribution in [2.45, 2.75) is 48.1 Å². The maximum absolute atomic E-state index is 2.89. The summed E-state index contributed by atoms with van der Waals surface area (Å²) in [4.78, 5) is 4.70. The first kappa shape index (κ1) is 18.8. The van der Waals surface area contributed by atoms with Gasteiger partial charge in [0.2, 0.25) is 0 Å². The second kappa shape index (κ2) is 9.62. The molecular formula is C14H34InN3. The summed E-state index contributed by atoms with van der Waals surface area (Å²) in [5.74, 6) is 0. The van der Waals surface area contributed by atoms with Crippen LogP contribution in [0.15, 0.2) is 0 Å². The summed E-state index contributed by atoms with van der Waals surface area (Å²) in [5, 5.41) is 0. The molecule has 2 unspecified atom stereocenters. The molecule has 0 amide bonds. The van der Waals surface area contributed by atoms with Crippen molar-refractivity contribution in [1.29, 1.82) is 0 Å². The van der Waals surface area contributed by atoms with E-state index in [1.54, 1.807) is 0 Å². The van der Waals surface area contributed by atoms with E-state index in [9.17, 15) is 0 Å². The van der Waals surface area contributed by atoms with Gasteiger partial charge in [0.15, 0.2) is 0 Å².